The zero-order valence-electron chi connectivity index (χ0n) is 15.4. The third kappa shape index (κ3) is 4.28. The second-order valence-corrected chi connectivity index (χ2v) is 6.24. The highest BCUT2D eigenvalue weighted by atomic mass is 16.1. The average molecular weight is 357 g/mol. The standard InChI is InChI=1S/C21H19N5O/c1-13-8-9-17(14(2)10-13)26-21(27)19-11-20(24-15(3)23-19)25-18-7-5-4-6-16(18)12-22/h4-11H,1-3H3,(H,26,27)(H,23,24,25). The molecule has 0 aliphatic carbocycles. The summed E-state index contributed by atoms with van der Waals surface area (Å²) in [5.74, 6) is 0.597. The second kappa shape index (κ2) is 7.67. The summed E-state index contributed by atoms with van der Waals surface area (Å²) in [6, 6.07) is 16.6. The van der Waals surface area contributed by atoms with Crippen LogP contribution in [0.5, 0.6) is 0 Å². The van der Waals surface area contributed by atoms with E-state index in [-0.39, 0.29) is 11.6 Å². The quantitative estimate of drug-likeness (QED) is 0.728. The molecule has 6 nitrogen and oxygen atoms in total. The van der Waals surface area contributed by atoms with Gasteiger partial charge in [-0.25, -0.2) is 9.97 Å². The van der Waals surface area contributed by atoms with Crippen LogP contribution in [0.15, 0.2) is 48.5 Å². The number of amides is 1. The van der Waals surface area contributed by atoms with Crippen LogP contribution in [0.25, 0.3) is 0 Å². The molecule has 1 heterocycles. The van der Waals surface area contributed by atoms with E-state index in [2.05, 4.69) is 26.7 Å². The van der Waals surface area contributed by atoms with Crippen LogP contribution in [-0.4, -0.2) is 15.9 Å². The van der Waals surface area contributed by atoms with Crippen molar-refractivity contribution in [1.29, 1.82) is 5.26 Å². The summed E-state index contributed by atoms with van der Waals surface area (Å²) in [6.07, 6.45) is 0. The third-order valence-corrected chi connectivity index (χ3v) is 4.01. The maximum absolute atomic E-state index is 12.6. The van der Waals surface area contributed by atoms with Crippen molar-refractivity contribution in [3.05, 3.63) is 76.7 Å². The molecule has 0 radical (unpaired) electrons. The van der Waals surface area contributed by atoms with Gasteiger partial charge < -0.3 is 10.6 Å². The molecule has 0 aliphatic heterocycles. The molecule has 0 fully saturated rings. The molecule has 0 saturated heterocycles. The molecule has 134 valence electrons. The van der Waals surface area contributed by atoms with Gasteiger partial charge in [-0.15, -0.1) is 0 Å². The van der Waals surface area contributed by atoms with Gasteiger partial charge in [0.1, 0.15) is 23.4 Å². The fourth-order valence-electron chi connectivity index (χ4n) is 2.72. The minimum atomic E-state index is -0.316. The van der Waals surface area contributed by atoms with E-state index in [4.69, 9.17) is 0 Å². The van der Waals surface area contributed by atoms with Crippen LogP contribution >= 0.6 is 0 Å². The van der Waals surface area contributed by atoms with Crippen molar-refractivity contribution in [3.63, 3.8) is 0 Å². The van der Waals surface area contributed by atoms with E-state index in [1.807, 2.05) is 38.1 Å². The maximum Gasteiger partial charge on any atom is 0.274 e. The first kappa shape index (κ1) is 18.1. The van der Waals surface area contributed by atoms with Crippen molar-refractivity contribution in [2.24, 2.45) is 0 Å². The number of nitrogens with one attached hydrogen (secondary N) is 2. The molecule has 0 bridgehead atoms. The summed E-state index contributed by atoms with van der Waals surface area (Å²) in [7, 11) is 0. The Morgan fingerprint density at radius 1 is 1.00 bits per heavy atom. The number of rotatable bonds is 4. The van der Waals surface area contributed by atoms with Crippen LogP contribution in [-0.2, 0) is 0 Å². The van der Waals surface area contributed by atoms with Gasteiger partial charge in [0.2, 0.25) is 0 Å². The highest BCUT2D eigenvalue weighted by Crippen LogP contribution is 2.21. The van der Waals surface area contributed by atoms with Gasteiger partial charge in [0.15, 0.2) is 0 Å². The van der Waals surface area contributed by atoms with Gasteiger partial charge in [-0.1, -0.05) is 29.8 Å². The molecule has 3 aromatic rings. The predicted octanol–water partition coefficient (Wildman–Crippen LogP) is 4.27. The first-order valence-corrected chi connectivity index (χ1v) is 8.46. The SMILES string of the molecule is Cc1ccc(NC(=O)c2cc(Nc3ccccc3C#N)nc(C)n2)c(C)c1. The Labute approximate surface area is 157 Å². The molecule has 1 amide bonds. The van der Waals surface area contributed by atoms with Gasteiger partial charge in [-0.05, 0) is 44.5 Å². The van der Waals surface area contributed by atoms with Gasteiger partial charge in [-0.3, -0.25) is 4.79 Å². The van der Waals surface area contributed by atoms with Crippen LogP contribution in [0.1, 0.15) is 33.0 Å². The lowest BCUT2D eigenvalue weighted by molar-refractivity contribution is 0.102. The number of aromatic nitrogens is 2. The molecule has 0 spiro atoms. The Balaban J connectivity index is 1.86. The average Bonchev–Trinajstić information content (AvgIpc) is 2.64. The van der Waals surface area contributed by atoms with Gasteiger partial charge in [0, 0.05) is 11.8 Å². The molecule has 2 N–H and O–H groups in total. The van der Waals surface area contributed by atoms with E-state index < -0.39 is 0 Å². The molecule has 3 rings (SSSR count). The molecule has 1 aromatic heterocycles. The van der Waals surface area contributed by atoms with Crippen LogP contribution in [0.4, 0.5) is 17.2 Å². The molecular formula is C21H19N5O. The Morgan fingerprint density at radius 2 is 1.78 bits per heavy atom. The molecule has 0 saturated carbocycles. The van der Waals surface area contributed by atoms with E-state index in [9.17, 15) is 10.1 Å². The molecule has 0 aliphatic rings. The summed E-state index contributed by atoms with van der Waals surface area (Å²) in [6.45, 7) is 5.67. The lowest BCUT2D eigenvalue weighted by Gasteiger charge is -2.11. The Morgan fingerprint density at radius 3 is 2.52 bits per heavy atom. The van der Waals surface area contributed by atoms with E-state index in [0.717, 1.165) is 16.8 Å². The number of hydrogen-bond donors (Lipinski definition) is 2. The summed E-state index contributed by atoms with van der Waals surface area (Å²) < 4.78 is 0. The summed E-state index contributed by atoms with van der Waals surface area (Å²) in [4.78, 5) is 21.2. The number of carbonyl (C=O) groups is 1. The van der Waals surface area contributed by atoms with Crippen molar-refractivity contribution in [3.8, 4) is 6.07 Å². The number of anilines is 3. The number of para-hydroxylation sites is 1. The Hall–Kier alpha value is -3.72. The van der Waals surface area contributed by atoms with E-state index in [0.29, 0.717) is 22.9 Å². The van der Waals surface area contributed by atoms with Crippen molar-refractivity contribution >= 4 is 23.1 Å². The molecular weight excluding hydrogens is 338 g/mol. The van der Waals surface area contributed by atoms with Crippen molar-refractivity contribution in [2.45, 2.75) is 20.8 Å². The fourth-order valence-corrected chi connectivity index (χ4v) is 2.72. The monoisotopic (exact) mass is 357 g/mol. The second-order valence-electron chi connectivity index (χ2n) is 6.24. The van der Waals surface area contributed by atoms with E-state index >= 15 is 0 Å². The lowest BCUT2D eigenvalue weighted by atomic mass is 10.1. The molecule has 27 heavy (non-hydrogen) atoms. The Kier molecular flexibility index (Phi) is 5.13. The number of nitriles is 1. The number of hydrogen-bond acceptors (Lipinski definition) is 5. The first-order chi connectivity index (χ1) is 13.0. The summed E-state index contributed by atoms with van der Waals surface area (Å²) in [5, 5.41) is 15.2. The van der Waals surface area contributed by atoms with Crippen LogP contribution in [0, 0.1) is 32.1 Å². The number of carbonyl (C=O) groups excluding carboxylic acids is 1. The van der Waals surface area contributed by atoms with Crippen LogP contribution in [0.3, 0.4) is 0 Å². The first-order valence-electron chi connectivity index (χ1n) is 8.46. The fraction of sp³-hybridized carbons (Fsp3) is 0.143. The van der Waals surface area contributed by atoms with Gasteiger partial charge in [0.25, 0.3) is 5.91 Å². The largest absolute Gasteiger partial charge is 0.339 e. The van der Waals surface area contributed by atoms with Crippen molar-refractivity contribution in [2.75, 3.05) is 10.6 Å². The molecule has 0 atom stereocenters. The zero-order valence-corrected chi connectivity index (χ0v) is 15.4. The van der Waals surface area contributed by atoms with E-state index in [1.165, 1.54) is 0 Å². The molecule has 0 unspecified atom stereocenters. The molecule has 2 aromatic carbocycles. The van der Waals surface area contributed by atoms with Crippen LogP contribution < -0.4 is 10.6 Å². The summed E-state index contributed by atoms with van der Waals surface area (Å²) in [5.41, 5.74) is 4.22. The Bertz CT molecular complexity index is 1050. The van der Waals surface area contributed by atoms with Crippen molar-refractivity contribution in [1.82, 2.24) is 9.97 Å². The predicted molar refractivity (Wildman–Crippen MR) is 105 cm³/mol. The maximum atomic E-state index is 12.6. The topological polar surface area (TPSA) is 90.7 Å². The minimum Gasteiger partial charge on any atom is -0.339 e. The minimum absolute atomic E-state index is 0.249. The normalized spacial score (nSPS) is 10.1. The number of aryl methyl sites for hydroxylation is 3. The lowest BCUT2D eigenvalue weighted by Crippen LogP contribution is -2.16. The highest BCUT2D eigenvalue weighted by molar-refractivity contribution is 6.03. The van der Waals surface area contributed by atoms with Gasteiger partial charge in [-0.2, -0.15) is 5.26 Å². The summed E-state index contributed by atoms with van der Waals surface area (Å²) >= 11 is 0. The third-order valence-electron chi connectivity index (χ3n) is 4.01. The number of nitrogens with zero attached hydrogens (tertiary/aromatic N) is 3. The van der Waals surface area contributed by atoms with Gasteiger partial charge >= 0.3 is 0 Å². The zero-order chi connectivity index (χ0) is 19.4. The smallest absolute Gasteiger partial charge is 0.274 e. The van der Waals surface area contributed by atoms with E-state index in [1.54, 1.807) is 31.2 Å². The molecule has 6 heteroatoms. The highest BCUT2D eigenvalue weighted by Gasteiger charge is 2.13. The van der Waals surface area contributed by atoms with Crippen LogP contribution in [0.2, 0.25) is 0 Å². The van der Waals surface area contributed by atoms with Crippen molar-refractivity contribution < 1.29 is 4.79 Å². The number of benzene rings is 2. The van der Waals surface area contributed by atoms with Gasteiger partial charge in [0.05, 0.1) is 11.3 Å².